The molecule has 0 aliphatic carbocycles. The predicted molar refractivity (Wildman–Crippen MR) is 139 cm³/mol. The molecule has 0 spiro atoms. The number of amides is 2. The Balaban J connectivity index is 2.46. The monoisotopic (exact) mass is 523 g/mol. The summed E-state index contributed by atoms with van der Waals surface area (Å²) < 4.78 is 31.6. The molecular formula is C25H34ClN3O5S. The van der Waals surface area contributed by atoms with Gasteiger partial charge in [0.2, 0.25) is 21.8 Å². The Morgan fingerprint density at radius 2 is 1.77 bits per heavy atom. The molecule has 0 saturated carbocycles. The van der Waals surface area contributed by atoms with Gasteiger partial charge in [-0.2, -0.15) is 0 Å². The summed E-state index contributed by atoms with van der Waals surface area (Å²) in [5.41, 5.74) is 0.944. The van der Waals surface area contributed by atoms with Crippen molar-refractivity contribution in [1.29, 1.82) is 0 Å². The summed E-state index contributed by atoms with van der Waals surface area (Å²) in [7, 11) is -2.35. The normalized spacial score (nSPS) is 13.0. The van der Waals surface area contributed by atoms with Crippen LogP contribution in [0.4, 0.5) is 5.69 Å². The lowest BCUT2D eigenvalue weighted by atomic mass is 10.1. The van der Waals surface area contributed by atoms with Crippen LogP contribution in [0.15, 0.2) is 48.5 Å². The molecule has 0 heterocycles. The maximum Gasteiger partial charge on any atom is 0.244 e. The fraction of sp³-hybridized carbons (Fsp3) is 0.440. The number of ether oxygens (including phenoxy) is 1. The number of sulfonamides is 1. The van der Waals surface area contributed by atoms with Crippen molar-refractivity contribution in [1.82, 2.24) is 10.2 Å². The molecule has 2 rings (SSSR count). The van der Waals surface area contributed by atoms with Crippen molar-refractivity contribution in [2.45, 2.75) is 52.2 Å². The number of nitrogens with one attached hydrogen (secondary N) is 1. The highest BCUT2D eigenvalue weighted by molar-refractivity contribution is 7.92. The van der Waals surface area contributed by atoms with Crippen molar-refractivity contribution >= 4 is 39.1 Å². The maximum absolute atomic E-state index is 13.7. The quantitative estimate of drug-likeness (QED) is 0.456. The van der Waals surface area contributed by atoms with Crippen LogP contribution in [0.1, 0.15) is 39.2 Å². The molecular weight excluding hydrogens is 490 g/mol. The predicted octanol–water partition coefficient (Wildman–Crippen LogP) is 3.84. The van der Waals surface area contributed by atoms with Gasteiger partial charge in [-0.05, 0) is 43.5 Å². The molecule has 0 bridgehead atoms. The number of benzene rings is 2. The molecule has 0 radical (unpaired) electrons. The number of rotatable bonds is 12. The molecule has 8 nitrogen and oxygen atoms in total. The first kappa shape index (κ1) is 28.5. The molecule has 2 aromatic rings. The van der Waals surface area contributed by atoms with Crippen LogP contribution in [0, 0.1) is 0 Å². The maximum atomic E-state index is 13.7. The fourth-order valence-corrected chi connectivity index (χ4v) is 4.59. The summed E-state index contributed by atoms with van der Waals surface area (Å²) in [5.74, 6) is -0.366. The summed E-state index contributed by atoms with van der Waals surface area (Å²) in [4.78, 5) is 28.2. The van der Waals surface area contributed by atoms with Gasteiger partial charge in [0, 0.05) is 23.7 Å². The number of anilines is 1. The molecule has 0 aliphatic heterocycles. The van der Waals surface area contributed by atoms with Crippen molar-refractivity contribution in [3.8, 4) is 5.75 Å². The van der Waals surface area contributed by atoms with E-state index in [1.54, 1.807) is 48.5 Å². The number of carbonyl (C=O) groups excluding carboxylic acids is 2. The minimum absolute atomic E-state index is 0.0562. The van der Waals surface area contributed by atoms with Gasteiger partial charge in [-0.15, -0.1) is 0 Å². The van der Waals surface area contributed by atoms with E-state index in [0.717, 1.165) is 17.0 Å². The van der Waals surface area contributed by atoms with E-state index in [9.17, 15) is 18.0 Å². The summed E-state index contributed by atoms with van der Waals surface area (Å²) in [6.07, 6.45) is 2.11. The Morgan fingerprint density at radius 3 is 2.34 bits per heavy atom. The average Bonchev–Trinajstić information content (AvgIpc) is 2.82. The van der Waals surface area contributed by atoms with Crippen molar-refractivity contribution in [3.63, 3.8) is 0 Å². The lowest BCUT2D eigenvalue weighted by Gasteiger charge is -2.33. The third-order valence-corrected chi connectivity index (χ3v) is 7.22. The van der Waals surface area contributed by atoms with Crippen LogP contribution in [-0.4, -0.2) is 57.1 Å². The highest BCUT2D eigenvalue weighted by atomic mass is 35.5. The largest absolute Gasteiger partial charge is 0.497 e. The third kappa shape index (κ3) is 7.86. The van der Waals surface area contributed by atoms with Gasteiger partial charge in [-0.1, -0.05) is 49.7 Å². The Morgan fingerprint density at radius 1 is 1.09 bits per heavy atom. The zero-order valence-electron chi connectivity index (χ0n) is 20.8. The van der Waals surface area contributed by atoms with E-state index in [0.29, 0.717) is 22.8 Å². The van der Waals surface area contributed by atoms with E-state index in [1.165, 1.54) is 12.0 Å². The van der Waals surface area contributed by atoms with Crippen LogP contribution in [0.3, 0.4) is 0 Å². The molecule has 2 aromatic carbocycles. The van der Waals surface area contributed by atoms with E-state index in [1.807, 2.05) is 20.8 Å². The molecule has 0 fully saturated rings. The fourth-order valence-electron chi connectivity index (χ4n) is 3.55. The molecule has 0 aliphatic rings. The summed E-state index contributed by atoms with van der Waals surface area (Å²) in [5, 5.41) is 3.39. The molecule has 0 unspecified atom stereocenters. The third-order valence-electron chi connectivity index (χ3n) is 5.71. The topological polar surface area (TPSA) is 96.0 Å². The summed E-state index contributed by atoms with van der Waals surface area (Å²) >= 11 is 6.36. The van der Waals surface area contributed by atoms with E-state index in [4.69, 9.17) is 16.3 Å². The van der Waals surface area contributed by atoms with E-state index in [-0.39, 0.29) is 24.2 Å². The molecule has 2 amide bonds. The number of methoxy groups -OCH3 is 1. The number of carbonyl (C=O) groups is 2. The first-order valence-electron chi connectivity index (χ1n) is 11.5. The van der Waals surface area contributed by atoms with Crippen LogP contribution < -0.4 is 14.4 Å². The van der Waals surface area contributed by atoms with Gasteiger partial charge in [-0.3, -0.25) is 13.9 Å². The number of hydrogen-bond donors (Lipinski definition) is 1. The van der Waals surface area contributed by atoms with Crippen LogP contribution >= 0.6 is 11.6 Å². The van der Waals surface area contributed by atoms with E-state index in [2.05, 4.69) is 5.32 Å². The smallest absolute Gasteiger partial charge is 0.244 e. The average molecular weight is 524 g/mol. The van der Waals surface area contributed by atoms with Crippen molar-refractivity contribution < 1.29 is 22.7 Å². The second kappa shape index (κ2) is 12.8. The summed E-state index contributed by atoms with van der Waals surface area (Å²) in [6, 6.07) is 12.6. The molecule has 0 aromatic heterocycles. The van der Waals surface area contributed by atoms with Gasteiger partial charge in [0.15, 0.2) is 0 Å². The SMILES string of the molecule is CC[C@@H](C)NC(=O)[C@@H](CC)N(Cc1ccccc1Cl)C(=O)CN(c1cccc(OC)c1)S(C)(=O)=O. The first-order valence-corrected chi connectivity index (χ1v) is 13.7. The zero-order valence-corrected chi connectivity index (χ0v) is 22.4. The number of hydrogen-bond acceptors (Lipinski definition) is 5. The number of halogens is 1. The van der Waals surface area contributed by atoms with Crippen LogP contribution in [0.5, 0.6) is 5.75 Å². The van der Waals surface area contributed by atoms with Gasteiger partial charge >= 0.3 is 0 Å². The molecule has 2 atom stereocenters. The minimum Gasteiger partial charge on any atom is -0.497 e. The molecule has 192 valence electrons. The second-order valence-electron chi connectivity index (χ2n) is 8.33. The molecule has 10 heteroatoms. The zero-order chi connectivity index (χ0) is 26.2. The van der Waals surface area contributed by atoms with Gasteiger partial charge in [0.1, 0.15) is 18.3 Å². The Labute approximate surface area is 213 Å². The van der Waals surface area contributed by atoms with Crippen LogP contribution in [0.2, 0.25) is 5.02 Å². The second-order valence-corrected chi connectivity index (χ2v) is 10.6. The standard InChI is InChI=1S/C25H34ClN3O5S/c1-6-18(3)27-25(31)23(7-2)28(16-19-11-8-9-14-22(19)26)24(30)17-29(35(5,32)33)20-12-10-13-21(15-20)34-4/h8-15,18,23H,6-7,16-17H2,1-5H3,(H,27,31)/t18-,23-/m1/s1. The molecule has 0 saturated heterocycles. The lowest BCUT2D eigenvalue weighted by Crippen LogP contribution is -2.53. The van der Waals surface area contributed by atoms with E-state index < -0.39 is 28.5 Å². The number of nitrogens with zero attached hydrogens (tertiary/aromatic N) is 2. The van der Waals surface area contributed by atoms with E-state index >= 15 is 0 Å². The Kier molecular flexibility index (Phi) is 10.4. The van der Waals surface area contributed by atoms with Crippen LogP contribution in [0.25, 0.3) is 0 Å². The van der Waals surface area contributed by atoms with Gasteiger partial charge in [-0.25, -0.2) is 8.42 Å². The van der Waals surface area contributed by atoms with Crippen molar-refractivity contribution in [2.75, 3.05) is 24.2 Å². The van der Waals surface area contributed by atoms with Gasteiger partial charge in [0.25, 0.3) is 0 Å². The molecule has 1 N–H and O–H groups in total. The summed E-state index contributed by atoms with van der Waals surface area (Å²) in [6.45, 7) is 5.23. The highest BCUT2D eigenvalue weighted by Crippen LogP contribution is 2.25. The van der Waals surface area contributed by atoms with Crippen molar-refractivity contribution in [2.24, 2.45) is 0 Å². The lowest BCUT2D eigenvalue weighted by molar-refractivity contribution is -0.140. The Bertz CT molecular complexity index is 1130. The van der Waals surface area contributed by atoms with Gasteiger partial charge in [0.05, 0.1) is 19.1 Å². The molecule has 35 heavy (non-hydrogen) atoms. The Hall–Kier alpha value is -2.78. The van der Waals surface area contributed by atoms with Crippen molar-refractivity contribution in [3.05, 3.63) is 59.1 Å². The highest BCUT2D eigenvalue weighted by Gasteiger charge is 2.32. The van der Waals surface area contributed by atoms with Gasteiger partial charge < -0.3 is 15.0 Å². The minimum atomic E-state index is -3.82. The first-order chi connectivity index (χ1) is 16.5. The van der Waals surface area contributed by atoms with Crippen LogP contribution in [-0.2, 0) is 26.2 Å².